The van der Waals surface area contributed by atoms with Crippen LogP contribution in [0.5, 0.6) is 0 Å². The summed E-state index contributed by atoms with van der Waals surface area (Å²) in [7, 11) is -1.56. The normalized spacial score (nSPS) is 17.2. The number of hydrogen-bond donors (Lipinski definition) is 0. The SMILES string of the molecule is CC(C)(C1=N[C@@H](c2ccccc2P(c2ccccc2)c2ccccc2)CO1)C1=N[C@@H](c2ccccc2P(c2ccccc2)c2ccccc2)CO1. The van der Waals surface area contributed by atoms with E-state index < -0.39 is 21.3 Å². The summed E-state index contributed by atoms with van der Waals surface area (Å²) in [6.07, 6.45) is 0. The molecule has 2 aliphatic rings. The fraction of sp³-hybridized carbons (Fsp3) is 0.156. The smallest absolute Gasteiger partial charge is 0.199 e. The van der Waals surface area contributed by atoms with E-state index in [1.807, 2.05) is 0 Å². The standard InChI is InChI=1S/C45H40N2O2P2/c1-45(2,43-46-39(31-48-43)37-27-15-17-29-41(37)50(33-19-7-3-8-20-33)34-21-9-4-10-22-34)44-47-40(32-49-44)38-28-16-18-30-42(38)51(35-23-11-5-12-24-35)36-25-13-6-14-26-36/h3-30,39-40H,31-32H2,1-2H3/t39-,40-/m1/s1. The van der Waals surface area contributed by atoms with Crippen molar-refractivity contribution in [1.29, 1.82) is 0 Å². The van der Waals surface area contributed by atoms with Crippen molar-refractivity contribution in [2.75, 3.05) is 13.2 Å². The quantitative estimate of drug-likeness (QED) is 0.137. The lowest BCUT2D eigenvalue weighted by molar-refractivity contribution is 0.265. The molecule has 0 amide bonds. The van der Waals surface area contributed by atoms with E-state index in [4.69, 9.17) is 19.5 Å². The van der Waals surface area contributed by atoms with Gasteiger partial charge in [-0.05, 0) is 72.6 Å². The molecular weight excluding hydrogens is 662 g/mol. The molecule has 6 aromatic carbocycles. The molecule has 8 rings (SSSR count). The topological polar surface area (TPSA) is 43.2 Å². The largest absolute Gasteiger partial charge is 0.478 e. The summed E-state index contributed by atoms with van der Waals surface area (Å²) in [5.74, 6) is 1.35. The van der Waals surface area contributed by atoms with Crippen molar-refractivity contribution in [3.63, 3.8) is 0 Å². The second kappa shape index (κ2) is 14.8. The van der Waals surface area contributed by atoms with Crippen LogP contribution in [0.2, 0.25) is 0 Å². The lowest BCUT2D eigenvalue weighted by Gasteiger charge is -2.23. The van der Waals surface area contributed by atoms with Crippen LogP contribution in [0.4, 0.5) is 0 Å². The first-order valence-electron chi connectivity index (χ1n) is 17.5. The van der Waals surface area contributed by atoms with E-state index in [2.05, 4.69) is 184 Å². The molecule has 0 aliphatic carbocycles. The molecule has 51 heavy (non-hydrogen) atoms. The van der Waals surface area contributed by atoms with Gasteiger partial charge in [-0.2, -0.15) is 0 Å². The highest BCUT2D eigenvalue weighted by molar-refractivity contribution is 7.80. The van der Waals surface area contributed by atoms with Crippen molar-refractivity contribution in [3.8, 4) is 0 Å². The number of nitrogens with zero attached hydrogens (tertiary/aromatic N) is 2. The second-order valence-corrected chi connectivity index (χ2v) is 17.6. The van der Waals surface area contributed by atoms with Gasteiger partial charge in [0, 0.05) is 0 Å². The van der Waals surface area contributed by atoms with Gasteiger partial charge in [-0.25, -0.2) is 9.98 Å². The molecule has 4 nitrogen and oxygen atoms in total. The van der Waals surface area contributed by atoms with Gasteiger partial charge >= 0.3 is 0 Å². The summed E-state index contributed by atoms with van der Waals surface area (Å²) in [6.45, 7) is 5.21. The molecule has 0 bridgehead atoms. The summed E-state index contributed by atoms with van der Waals surface area (Å²) in [5.41, 5.74) is 1.79. The van der Waals surface area contributed by atoms with Crippen LogP contribution in [0.25, 0.3) is 0 Å². The van der Waals surface area contributed by atoms with Crippen molar-refractivity contribution < 1.29 is 9.47 Å². The fourth-order valence-electron chi connectivity index (χ4n) is 6.95. The van der Waals surface area contributed by atoms with E-state index in [0.29, 0.717) is 25.0 Å². The number of ether oxygens (including phenoxy) is 2. The van der Waals surface area contributed by atoms with Gasteiger partial charge in [0.1, 0.15) is 30.7 Å². The minimum atomic E-state index is -0.780. The third-order valence-corrected chi connectivity index (χ3v) is 14.5. The van der Waals surface area contributed by atoms with Gasteiger partial charge in [-0.15, -0.1) is 0 Å². The van der Waals surface area contributed by atoms with Crippen LogP contribution < -0.4 is 31.8 Å². The van der Waals surface area contributed by atoms with E-state index in [1.165, 1.54) is 43.0 Å². The third kappa shape index (κ3) is 6.79. The van der Waals surface area contributed by atoms with Gasteiger partial charge in [0.15, 0.2) is 11.8 Å². The Hall–Kier alpha value is -4.88. The monoisotopic (exact) mass is 702 g/mol. The Morgan fingerprint density at radius 1 is 0.431 bits per heavy atom. The Bertz CT molecular complexity index is 1920. The summed E-state index contributed by atoms with van der Waals surface area (Å²) in [5, 5.41) is 7.88. The molecule has 252 valence electrons. The molecule has 0 unspecified atom stereocenters. The average molecular weight is 703 g/mol. The highest BCUT2D eigenvalue weighted by Gasteiger charge is 2.42. The van der Waals surface area contributed by atoms with E-state index in [1.54, 1.807) is 0 Å². The fourth-order valence-corrected chi connectivity index (χ4v) is 12.0. The molecule has 2 heterocycles. The number of benzene rings is 6. The highest BCUT2D eigenvalue weighted by atomic mass is 31.1. The van der Waals surface area contributed by atoms with E-state index in [-0.39, 0.29) is 12.1 Å². The Morgan fingerprint density at radius 3 is 1.06 bits per heavy atom. The van der Waals surface area contributed by atoms with Crippen molar-refractivity contribution in [2.24, 2.45) is 15.4 Å². The summed E-state index contributed by atoms with van der Waals surface area (Å²) < 4.78 is 12.9. The van der Waals surface area contributed by atoms with E-state index in [0.717, 1.165) is 0 Å². The Balaban J connectivity index is 1.11. The van der Waals surface area contributed by atoms with Gasteiger partial charge in [0.05, 0.1) is 0 Å². The number of aliphatic imine (C=N–C) groups is 2. The molecule has 6 aromatic rings. The predicted molar refractivity (Wildman–Crippen MR) is 216 cm³/mol. The Labute approximate surface area is 303 Å². The first-order chi connectivity index (χ1) is 25.1. The molecule has 0 N–H and O–H groups in total. The average Bonchev–Trinajstić information content (AvgIpc) is 3.90. The zero-order valence-electron chi connectivity index (χ0n) is 28.8. The van der Waals surface area contributed by atoms with Crippen LogP contribution in [-0.2, 0) is 9.47 Å². The zero-order chi connectivity index (χ0) is 34.6. The van der Waals surface area contributed by atoms with Crippen LogP contribution in [0.3, 0.4) is 0 Å². The van der Waals surface area contributed by atoms with Gasteiger partial charge in [-0.3, -0.25) is 0 Å². The second-order valence-electron chi connectivity index (χ2n) is 13.3. The van der Waals surface area contributed by atoms with Crippen LogP contribution in [-0.4, -0.2) is 25.0 Å². The van der Waals surface area contributed by atoms with Crippen LogP contribution in [0, 0.1) is 5.41 Å². The molecular formula is C45H40N2O2P2. The molecule has 0 fully saturated rings. The van der Waals surface area contributed by atoms with Crippen molar-refractivity contribution in [1.82, 2.24) is 0 Å². The maximum absolute atomic E-state index is 6.46. The highest BCUT2D eigenvalue weighted by Crippen LogP contribution is 2.41. The van der Waals surface area contributed by atoms with Gasteiger partial charge in [0.25, 0.3) is 0 Å². The maximum atomic E-state index is 6.46. The molecule has 6 heteroatoms. The lowest BCUT2D eigenvalue weighted by Crippen LogP contribution is -2.34. The van der Waals surface area contributed by atoms with E-state index >= 15 is 0 Å². The van der Waals surface area contributed by atoms with Crippen LogP contribution >= 0.6 is 15.8 Å². The lowest BCUT2D eigenvalue weighted by atomic mass is 9.93. The zero-order valence-corrected chi connectivity index (χ0v) is 30.6. The third-order valence-electron chi connectivity index (χ3n) is 9.50. The molecule has 2 aliphatic heterocycles. The maximum Gasteiger partial charge on any atom is 0.199 e. The number of hydrogen-bond acceptors (Lipinski definition) is 4. The summed E-state index contributed by atoms with van der Waals surface area (Å²) in [6, 6.07) is 60.6. The summed E-state index contributed by atoms with van der Waals surface area (Å²) >= 11 is 0. The van der Waals surface area contributed by atoms with Crippen molar-refractivity contribution >= 4 is 59.5 Å². The minimum absolute atomic E-state index is 0.119. The first-order valence-corrected chi connectivity index (χ1v) is 20.2. The molecule has 0 saturated carbocycles. The molecule has 0 spiro atoms. The Morgan fingerprint density at radius 2 is 0.725 bits per heavy atom. The predicted octanol–water partition coefficient (Wildman–Crippen LogP) is 7.87. The van der Waals surface area contributed by atoms with E-state index in [9.17, 15) is 0 Å². The molecule has 2 atom stereocenters. The van der Waals surface area contributed by atoms with Gasteiger partial charge in [-0.1, -0.05) is 170 Å². The van der Waals surface area contributed by atoms with Crippen molar-refractivity contribution in [2.45, 2.75) is 25.9 Å². The molecule has 0 aromatic heterocycles. The summed E-state index contributed by atoms with van der Waals surface area (Å²) in [4.78, 5) is 10.6. The van der Waals surface area contributed by atoms with Gasteiger partial charge in [0.2, 0.25) is 0 Å². The molecule has 0 radical (unpaired) electrons. The Kier molecular flexibility index (Phi) is 9.63. The van der Waals surface area contributed by atoms with Gasteiger partial charge < -0.3 is 9.47 Å². The number of rotatable bonds is 10. The minimum Gasteiger partial charge on any atom is -0.478 e. The first kappa shape index (κ1) is 33.3. The van der Waals surface area contributed by atoms with Crippen molar-refractivity contribution in [3.05, 3.63) is 181 Å². The van der Waals surface area contributed by atoms with Crippen LogP contribution in [0.1, 0.15) is 37.1 Å². The molecule has 0 saturated heterocycles. The van der Waals surface area contributed by atoms with Crippen LogP contribution in [0.15, 0.2) is 180 Å².